The number of aliphatic hydroxyl groups excluding tert-OH is 2. The van der Waals surface area contributed by atoms with Crippen LogP contribution in [-0.2, 0) is 9.59 Å². The summed E-state index contributed by atoms with van der Waals surface area (Å²) in [6.45, 7) is -0.789. The molecule has 5 N–H and O–H groups in total. The van der Waals surface area contributed by atoms with E-state index in [0.29, 0.717) is 10.2 Å². The van der Waals surface area contributed by atoms with Crippen molar-refractivity contribution < 1.29 is 30.0 Å². The van der Waals surface area contributed by atoms with E-state index >= 15 is 0 Å². The number of benzene rings is 3. The second-order valence-electron chi connectivity index (χ2n) is 7.97. The molecule has 0 unspecified atom stereocenters. The van der Waals surface area contributed by atoms with E-state index in [-0.39, 0.29) is 66.8 Å². The van der Waals surface area contributed by atoms with Gasteiger partial charge in [0.05, 0.1) is 37.0 Å². The number of phenols is 2. The molecule has 0 bridgehead atoms. The molecule has 0 aromatic heterocycles. The van der Waals surface area contributed by atoms with Crippen LogP contribution in [0.25, 0.3) is 10.8 Å². The quantitative estimate of drug-likeness (QED) is 0.160. The fourth-order valence-corrected chi connectivity index (χ4v) is 4.73. The molecule has 196 valence electrons. The van der Waals surface area contributed by atoms with Crippen LogP contribution in [0.2, 0.25) is 0 Å². The maximum atomic E-state index is 12.9. The Bertz CT molecular complexity index is 1300. The van der Waals surface area contributed by atoms with Crippen molar-refractivity contribution in [2.75, 3.05) is 44.3 Å². The topological polar surface area (TPSA) is 146 Å². The molecular formula is C25H26Br2N4O6. The Morgan fingerprint density at radius 2 is 1.59 bits per heavy atom. The van der Waals surface area contributed by atoms with Crippen LogP contribution < -0.4 is 10.3 Å². The number of aliphatic hydroxyl groups is 2. The van der Waals surface area contributed by atoms with E-state index in [4.69, 9.17) is 0 Å². The summed E-state index contributed by atoms with van der Waals surface area (Å²) >= 11 is 6.25. The van der Waals surface area contributed by atoms with E-state index in [2.05, 4.69) is 42.4 Å². The number of hydrogen-bond donors (Lipinski definition) is 5. The number of phenolic OH excluding ortho intramolecular Hbond substituents is 2. The number of hydrogen-bond acceptors (Lipinski definition) is 8. The molecule has 2 amide bonds. The smallest absolute Gasteiger partial charge is 0.259 e. The summed E-state index contributed by atoms with van der Waals surface area (Å²) in [7, 11) is 0. The summed E-state index contributed by atoms with van der Waals surface area (Å²) < 4.78 is 0.396. The van der Waals surface area contributed by atoms with Crippen LogP contribution in [0.4, 0.5) is 5.69 Å². The number of amides is 2. The van der Waals surface area contributed by atoms with Crippen LogP contribution in [0, 0.1) is 0 Å². The third-order valence-electron chi connectivity index (χ3n) is 5.44. The molecule has 0 saturated heterocycles. The van der Waals surface area contributed by atoms with Crippen molar-refractivity contribution >= 4 is 66.3 Å². The lowest BCUT2D eigenvalue weighted by Crippen LogP contribution is -2.45. The van der Waals surface area contributed by atoms with E-state index in [0.717, 1.165) is 10.8 Å². The predicted molar refractivity (Wildman–Crippen MR) is 148 cm³/mol. The van der Waals surface area contributed by atoms with Gasteiger partial charge in [0.1, 0.15) is 16.0 Å². The molecule has 12 heteroatoms. The lowest BCUT2D eigenvalue weighted by molar-refractivity contribution is -0.130. The Hall–Kier alpha value is -3.19. The number of fused-ring (bicyclic) bond motifs is 1. The lowest BCUT2D eigenvalue weighted by atomic mass is 10.1. The number of nitrogens with zero attached hydrogens (tertiary/aromatic N) is 3. The number of rotatable bonds is 11. The molecule has 0 aliphatic heterocycles. The van der Waals surface area contributed by atoms with Crippen LogP contribution >= 0.6 is 31.9 Å². The highest BCUT2D eigenvalue weighted by molar-refractivity contribution is 9.11. The summed E-state index contributed by atoms with van der Waals surface area (Å²) in [6, 6.07) is 14.7. The summed E-state index contributed by atoms with van der Waals surface area (Å²) in [5, 5.41) is 44.4. The van der Waals surface area contributed by atoms with E-state index in [9.17, 15) is 30.0 Å². The minimum atomic E-state index is -0.524. The van der Waals surface area contributed by atoms with Gasteiger partial charge in [0.25, 0.3) is 5.91 Å². The normalized spacial score (nSPS) is 11.1. The number of halogens is 2. The van der Waals surface area contributed by atoms with Gasteiger partial charge in [0, 0.05) is 24.3 Å². The van der Waals surface area contributed by atoms with Crippen molar-refractivity contribution in [1.82, 2.24) is 10.3 Å². The van der Waals surface area contributed by atoms with Gasteiger partial charge in [-0.1, -0.05) is 30.3 Å². The third kappa shape index (κ3) is 7.41. The van der Waals surface area contributed by atoms with Crippen molar-refractivity contribution in [3.63, 3.8) is 0 Å². The Balaban J connectivity index is 1.80. The van der Waals surface area contributed by atoms with Gasteiger partial charge >= 0.3 is 0 Å². The van der Waals surface area contributed by atoms with Crippen molar-refractivity contribution in [1.29, 1.82) is 0 Å². The van der Waals surface area contributed by atoms with Crippen molar-refractivity contribution in [3.05, 3.63) is 63.0 Å². The standard InChI is InChI=1S/C25H26Br2N4O6/c26-20-12-18(24(36)23(27)25(20)37)13-28-29-21(34)14-31(15-22(35)30(7-9-32)8-10-33)19-6-5-16-3-1-2-4-17(16)11-19/h1-6,11-13,32-33,36-37H,7-10,14-15H2,(H,29,34)/b28-13+. The zero-order valence-electron chi connectivity index (χ0n) is 19.6. The molecule has 10 nitrogen and oxygen atoms in total. The first kappa shape index (κ1) is 28.4. The average molecular weight is 638 g/mol. The summed E-state index contributed by atoms with van der Waals surface area (Å²) in [5.74, 6) is -1.32. The van der Waals surface area contributed by atoms with E-state index in [1.165, 1.54) is 17.2 Å². The van der Waals surface area contributed by atoms with Crippen molar-refractivity contribution in [2.45, 2.75) is 0 Å². The fourth-order valence-electron chi connectivity index (χ4n) is 3.58. The molecule has 0 aliphatic rings. The largest absolute Gasteiger partial charge is 0.506 e. The van der Waals surface area contributed by atoms with Gasteiger partial charge in [-0.05, 0) is 60.8 Å². The summed E-state index contributed by atoms with van der Waals surface area (Å²) in [6.07, 6.45) is 1.22. The van der Waals surface area contributed by atoms with E-state index in [1.54, 1.807) is 11.0 Å². The summed E-state index contributed by atoms with van der Waals surface area (Å²) in [5.41, 5.74) is 3.25. The van der Waals surface area contributed by atoms with Crippen molar-refractivity contribution in [3.8, 4) is 11.5 Å². The second-order valence-corrected chi connectivity index (χ2v) is 9.61. The highest BCUT2D eigenvalue weighted by atomic mass is 79.9. The Morgan fingerprint density at radius 3 is 2.27 bits per heavy atom. The van der Waals surface area contributed by atoms with E-state index in [1.807, 2.05) is 36.4 Å². The molecule has 3 rings (SSSR count). The maximum Gasteiger partial charge on any atom is 0.259 e. The molecule has 0 fully saturated rings. The highest BCUT2D eigenvalue weighted by Crippen LogP contribution is 2.40. The zero-order valence-corrected chi connectivity index (χ0v) is 22.8. The van der Waals surface area contributed by atoms with Crippen LogP contribution in [0.5, 0.6) is 11.5 Å². The average Bonchev–Trinajstić information content (AvgIpc) is 2.89. The molecule has 0 saturated carbocycles. The van der Waals surface area contributed by atoms with Gasteiger partial charge in [0.2, 0.25) is 5.91 Å². The van der Waals surface area contributed by atoms with Crippen molar-refractivity contribution in [2.24, 2.45) is 5.10 Å². The van der Waals surface area contributed by atoms with Gasteiger partial charge in [0.15, 0.2) is 0 Å². The third-order valence-corrected chi connectivity index (χ3v) is 6.80. The first-order valence-corrected chi connectivity index (χ1v) is 12.8. The Kier molecular flexibility index (Phi) is 10.3. The van der Waals surface area contributed by atoms with Gasteiger partial charge in [-0.2, -0.15) is 5.10 Å². The molecule has 37 heavy (non-hydrogen) atoms. The van der Waals surface area contributed by atoms with Gasteiger partial charge in [-0.25, -0.2) is 5.43 Å². The fraction of sp³-hybridized carbons (Fsp3) is 0.240. The molecule has 0 radical (unpaired) electrons. The Morgan fingerprint density at radius 1 is 0.919 bits per heavy atom. The molecule has 0 spiro atoms. The number of nitrogens with one attached hydrogen (secondary N) is 1. The Labute approximate surface area is 230 Å². The van der Waals surface area contributed by atoms with Crippen LogP contribution in [0.1, 0.15) is 5.56 Å². The second kappa shape index (κ2) is 13.4. The van der Waals surface area contributed by atoms with Gasteiger partial charge in [-0.3, -0.25) is 9.59 Å². The molecule has 3 aromatic carbocycles. The summed E-state index contributed by atoms with van der Waals surface area (Å²) in [4.78, 5) is 28.6. The number of carbonyl (C=O) groups is 2. The molecular weight excluding hydrogens is 612 g/mol. The first-order valence-electron chi connectivity index (χ1n) is 11.2. The van der Waals surface area contributed by atoms with Crippen LogP contribution in [0.15, 0.2) is 62.6 Å². The van der Waals surface area contributed by atoms with Gasteiger partial charge < -0.3 is 30.2 Å². The minimum absolute atomic E-state index is 0.0582. The first-order chi connectivity index (χ1) is 17.7. The highest BCUT2D eigenvalue weighted by Gasteiger charge is 2.20. The lowest BCUT2D eigenvalue weighted by Gasteiger charge is -2.28. The molecule has 0 aliphatic carbocycles. The molecule has 0 heterocycles. The molecule has 3 aromatic rings. The number of carbonyl (C=O) groups excluding carboxylic acids is 2. The predicted octanol–water partition coefficient (Wildman–Crippen LogP) is 2.55. The van der Waals surface area contributed by atoms with E-state index < -0.39 is 5.91 Å². The van der Waals surface area contributed by atoms with Crippen LogP contribution in [-0.4, -0.2) is 82.7 Å². The number of aromatic hydroxyl groups is 2. The number of hydrazone groups is 1. The number of anilines is 1. The van der Waals surface area contributed by atoms with Crippen LogP contribution in [0.3, 0.4) is 0 Å². The monoisotopic (exact) mass is 636 g/mol. The molecule has 0 atom stereocenters. The van der Waals surface area contributed by atoms with Gasteiger partial charge in [-0.15, -0.1) is 0 Å². The SMILES string of the molecule is O=C(CN(CC(=O)N(CCO)CCO)c1ccc2ccccc2c1)N/N=C/c1cc(Br)c(O)c(Br)c1O. The zero-order chi connectivity index (χ0) is 26.9. The maximum absolute atomic E-state index is 12.9. The minimum Gasteiger partial charge on any atom is -0.506 e.